The van der Waals surface area contributed by atoms with Crippen LogP contribution in [0.1, 0.15) is 12.5 Å². The van der Waals surface area contributed by atoms with E-state index < -0.39 is 11.6 Å². The van der Waals surface area contributed by atoms with Gasteiger partial charge in [0, 0.05) is 10.6 Å². The number of amides is 3. The summed E-state index contributed by atoms with van der Waals surface area (Å²) in [6, 6.07) is 6.43. The number of nitrogens with one attached hydrogen (secondary N) is 2. The number of halogens is 1. The highest BCUT2D eigenvalue weighted by molar-refractivity contribution is 6.32. The Morgan fingerprint density at radius 1 is 1.27 bits per heavy atom. The molecular weight excluding hydrogens is 216 g/mol. The molecule has 78 valence electrons. The minimum Gasteiger partial charge on any atom is -0.320 e. The fourth-order valence-corrected chi connectivity index (χ4v) is 1.92. The van der Waals surface area contributed by atoms with E-state index in [1.807, 2.05) is 0 Å². The highest BCUT2D eigenvalue weighted by Gasteiger charge is 2.44. The van der Waals surface area contributed by atoms with Crippen LogP contribution in [-0.2, 0) is 10.3 Å². The molecule has 1 aromatic rings. The van der Waals surface area contributed by atoms with Crippen LogP contribution >= 0.6 is 11.6 Å². The lowest BCUT2D eigenvalue weighted by Crippen LogP contribution is -2.40. The lowest BCUT2D eigenvalue weighted by Gasteiger charge is -2.21. The maximum Gasteiger partial charge on any atom is 0.322 e. The van der Waals surface area contributed by atoms with Gasteiger partial charge in [-0.3, -0.25) is 10.1 Å². The fraction of sp³-hybridized carbons (Fsp3) is 0.200. The Kier molecular flexibility index (Phi) is 2.16. The summed E-state index contributed by atoms with van der Waals surface area (Å²) >= 11 is 5.98. The van der Waals surface area contributed by atoms with E-state index >= 15 is 0 Å². The van der Waals surface area contributed by atoms with Crippen LogP contribution < -0.4 is 10.6 Å². The average Bonchev–Trinajstić information content (AvgIpc) is 2.42. The maximum absolute atomic E-state index is 11.6. The Labute approximate surface area is 91.6 Å². The molecule has 2 rings (SSSR count). The third-order valence-electron chi connectivity index (χ3n) is 2.46. The third-order valence-corrected chi connectivity index (χ3v) is 2.79. The van der Waals surface area contributed by atoms with Crippen LogP contribution in [0, 0.1) is 0 Å². The van der Waals surface area contributed by atoms with Crippen molar-refractivity contribution in [3.63, 3.8) is 0 Å². The Bertz CT molecular complexity index is 447. The highest BCUT2D eigenvalue weighted by atomic mass is 35.5. The number of imide groups is 1. The molecule has 0 unspecified atom stereocenters. The van der Waals surface area contributed by atoms with Crippen LogP contribution in [0.5, 0.6) is 0 Å². The molecule has 0 aliphatic carbocycles. The van der Waals surface area contributed by atoms with Gasteiger partial charge in [-0.2, -0.15) is 0 Å². The number of hydrogen-bond acceptors (Lipinski definition) is 2. The van der Waals surface area contributed by atoms with Crippen molar-refractivity contribution in [2.75, 3.05) is 0 Å². The van der Waals surface area contributed by atoms with Crippen molar-refractivity contribution >= 4 is 23.5 Å². The predicted molar refractivity (Wildman–Crippen MR) is 55.5 cm³/mol. The normalized spacial score (nSPS) is 24.9. The third kappa shape index (κ3) is 1.47. The Balaban J connectivity index is 2.51. The van der Waals surface area contributed by atoms with Crippen LogP contribution in [0.3, 0.4) is 0 Å². The van der Waals surface area contributed by atoms with Gasteiger partial charge in [0.1, 0.15) is 5.54 Å². The number of urea groups is 1. The van der Waals surface area contributed by atoms with Crippen molar-refractivity contribution in [3.05, 3.63) is 34.9 Å². The van der Waals surface area contributed by atoms with Crippen molar-refractivity contribution in [1.29, 1.82) is 0 Å². The second kappa shape index (κ2) is 3.24. The first-order valence-corrected chi connectivity index (χ1v) is 4.80. The quantitative estimate of drug-likeness (QED) is 0.709. The molecule has 1 saturated heterocycles. The molecule has 0 bridgehead atoms. The smallest absolute Gasteiger partial charge is 0.320 e. The molecule has 3 amide bonds. The lowest BCUT2D eigenvalue weighted by atomic mass is 9.92. The van der Waals surface area contributed by atoms with E-state index in [1.54, 1.807) is 31.2 Å². The van der Waals surface area contributed by atoms with Gasteiger partial charge in [0.15, 0.2) is 0 Å². The number of rotatable bonds is 1. The van der Waals surface area contributed by atoms with Gasteiger partial charge in [-0.1, -0.05) is 29.8 Å². The zero-order chi connectivity index (χ0) is 11.1. The van der Waals surface area contributed by atoms with E-state index in [2.05, 4.69) is 10.6 Å². The monoisotopic (exact) mass is 224 g/mol. The van der Waals surface area contributed by atoms with Gasteiger partial charge in [0.05, 0.1) is 0 Å². The fourth-order valence-electron chi connectivity index (χ4n) is 1.60. The van der Waals surface area contributed by atoms with Gasteiger partial charge < -0.3 is 5.32 Å². The summed E-state index contributed by atoms with van der Waals surface area (Å²) in [5, 5.41) is 5.19. The van der Waals surface area contributed by atoms with Crippen molar-refractivity contribution in [3.8, 4) is 0 Å². The summed E-state index contributed by atoms with van der Waals surface area (Å²) in [6.45, 7) is 1.62. The number of hydrogen-bond donors (Lipinski definition) is 2. The number of carbonyl (C=O) groups is 2. The Hall–Kier alpha value is -1.55. The van der Waals surface area contributed by atoms with Crippen molar-refractivity contribution in [1.82, 2.24) is 10.6 Å². The molecule has 1 fully saturated rings. The summed E-state index contributed by atoms with van der Waals surface area (Å²) in [4.78, 5) is 22.7. The van der Waals surface area contributed by atoms with Gasteiger partial charge in [0.2, 0.25) is 0 Å². The molecule has 1 atom stereocenters. The standard InChI is InChI=1S/C10H9ClN2O2/c1-10(8(14)12-9(15)13-10)6-4-2-3-5-7(6)11/h2-5H,1H3,(H2,12,13,14,15)/t10-/m0/s1. The van der Waals surface area contributed by atoms with Gasteiger partial charge in [-0.15, -0.1) is 0 Å². The van der Waals surface area contributed by atoms with Gasteiger partial charge in [-0.05, 0) is 13.0 Å². The molecule has 1 heterocycles. The van der Waals surface area contributed by atoms with E-state index in [0.717, 1.165) is 0 Å². The zero-order valence-corrected chi connectivity index (χ0v) is 8.76. The molecule has 0 spiro atoms. The van der Waals surface area contributed by atoms with E-state index in [1.165, 1.54) is 0 Å². The van der Waals surface area contributed by atoms with Crippen LogP contribution in [0.25, 0.3) is 0 Å². The average molecular weight is 225 g/mol. The zero-order valence-electron chi connectivity index (χ0n) is 8.00. The molecule has 4 nitrogen and oxygen atoms in total. The van der Waals surface area contributed by atoms with Crippen LogP contribution in [-0.4, -0.2) is 11.9 Å². The summed E-state index contributed by atoms with van der Waals surface area (Å²) in [5.41, 5.74) is -0.481. The van der Waals surface area contributed by atoms with E-state index in [4.69, 9.17) is 11.6 Å². The van der Waals surface area contributed by atoms with Crippen LogP contribution in [0.2, 0.25) is 5.02 Å². The number of benzene rings is 1. The summed E-state index contributed by atoms with van der Waals surface area (Å²) in [7, 11) is 0. The molecular formula is C10H9ClN2O2. The van der Waals surface area contributed by atoms with E-state index in [9.17, 15) is 9.59 Å². The molecule has 0 radical (unpaired) electrons. The van der Waals surface area contributed by atoms with Gasteiger partial charge >= 0.3 is 6.03 Å². The molecule has 0 saturated carbocycles. The first kappa shape index (κ1) is 9.98. The molecule has 1 aliphatic heterocycles. The topological polar surface area (TPSA) is 58.2 Å². The Morgan fingerprint density at radius 3 is 2.47 bits per heavy atom. The summed E-state index contributed by atoms with van der Waals surface area (Å²) < 4.78 is 0. The number of carbonyl (C=O) groups excluding carboxylic acids is 2. The molecule has 1 aliphatic rings. The highest BCUT2D eigenvalue weighted by Crippen LogP contribution is 2.29. The lowest BCUT2D eigenvalue weighted by molar-refractivity contribution is -0.123. The molecule has 5 heteroatoms. The SMILES string of the molecule is C[C@@]1(c2ccccc2Cl)NC(=O)NC1=O. The largest absolute Gasteiger partial charge is 0.322 e. The second-order valence-corrected chi connectivity index (χ2v) is 3.92. The van der Waals surface area contributed by atoms with Gasteiger partial charge in [-0.25, -0.2) is 4.79 Å². The van der Waals surface area contributed by atoms with Crippen LogP contribution in [0.4, 0.5) is 4.79 Å². The van der Waals surface area contributed by atoms with Gasteiger partial charge in [0.25, 0.3) is 5.91 Å². The van der Waals surface area contributed by atoms with E-state index in [0.29, 0.717) is 10.6 Å². The van der Waals surface area contributed by atoms with Crippen molar-refractivity contribution in [2.24, 2.45) is 0 Å². The molecule has 1 aromatic carbocycles. The second-order valence-electron chi connectivity index (χ2n) is 3.51. The maximum atomic E-state index is 11.6. The van der Waals surface area contributed by atoms with Crippen molar-refractivity contribution < 1.29 is 9.59 Å². The Morgan fingerprint density at radius 2 is 1.93 bits per heavy atom. The molecule has 0 aromatic heterocycles. The minimum absolute atomic E-state index is 0.388. The first-order chi connectivity index (χ1) is 7.04. The van der Waals surface area contributed by atoms with Crippen molar-refractivity contribution in [2.45, 2.75) is 12.5 Å². The molecule has 2 N–H and O–H groups in total. The summed E-state index contributed by atoms with van der Waals surface area (Å²) in [5.74, 6) is -0.388. The van der Waals surface area contributed by atoms with E-state index in [-0.39, 0.29) is 5.91 Å². The summed E-state index contributed by atoms with van der Waals surface area (Å²) in [6.07, 6.45) is 0. The minimum atomic E-state index is -1.07. The molecule has 15 heavy (non-hydrogen) atoms. The predicted octanol–water partition coefficient (Wildman–Crippen LogP) is 1.39. The first-order valence-electron chi connectivity index (χ1n) is 4.42. The van der Waals surface area contributed by atoms with Crippen LogP contribution in [0.15, 0.2) is 24.3 Å².